The van der Waals surface area contributed by atoms with Crippen LogP contribution in [0.15, 0.2) is 5.10 Å². The molecule has 3 rings (SSSR count). The van der Waals surface area contributed by atoms with Crippen LogP contribution in [0, 0.1) is 0 Å². The Kier molecular flexibility index (Phi) is 3.84. The Bertz CT molecular complexity index is 354. The van der Waals surface area contributed by atoms with Gasteiger partial charge in [-0.3, -0.25) is 0 Å². The first-order chi connectivity index (χ1) is 8.90. The van der Waals surface area contributed by atoms with Crippen molar-refractivity contribution < 1.29 is 9.53 Å². The van der Waals surface area contributed by atoms with E-state index in [-0.39, 0.29) is 18.2 Å². The van der Waals surface area contributed by atoms with Crippen LogP contribution in [0.2, 0.25) is 0 Å². The minimum absolute atomic E-state index is 0.191. The molecule has 0 spiro atoms. The highest BCUT2D eigenvalue weighted by Crippen LogP contribution is 2.39. The highest BCUT2D eigenvalue weighted by molar-refractivity contribution is 5.70. The van der Waals surface area contributed by atoms with Crippen LogP contribution in [-0.4, -0.2) is 41.1 Å². The molecule has 3 aliphatic rings. The number of carbonyl (C=O) groups excluding carboxylic acids is 1. The number of hydrogen-bond donors (Lipinski definition) is 3. The van der Waals surface area contributed by atoms with E-state index in [0.29, 0.717) is 6.04 Å². The van der Waals surface area contributed by atoms with Gasteiger partial charge in [0.2, 0.25) is 0 Å². The van der Waals surface area contributed by atoms with Crippen molar-refractivity contribution in [1.29, 1.82) is 0 Å². The zero-order valence-corrected chi connectivity index (χ0v) is 11.7. The van der Waals surface area contributed by atoms with Gasteiger partial charge in [0.05, 0.1) is 0 Å². The van der Waals surface area contributed by atoms with Gasteiger partial charge in [0.15, 0.2) is 0 Å². The van der Waals surface area contributed by atoms with Gasteiger partial charge < -0.3 is 20.9 Å². The zero-order valence-electron chi connectivity index (χ0n) is 11.7. The van der Waals surface area contributed by atoms with Gasteiger partial charge in [-0.2, -0.15) is 5.10 Å². The molecule has 2 aliphatic heterocycles. The van der Waals surface area contributed by atoms with Crippen LogP contribution in [0.3, 0.4) is 0 Å². The monoisotopic (exact) mass is 269 g/mol. The number of hydrazone groups is 1. The highest BCUT2D eigenvalue weighted by atomic mass is 16.6. The third kappa shape index (κ3) is 3.28. The van der Waals surface area contributed by atoms with E-state index in [2.05, 4.69) is 16.0 Å². The summed E-state index contributed by atoms with van der Waals surface area (Å²) in [6.07, 6.45) is 4.13. The molecule has 3 fully saturated rings. The van der Waals surface area contributed by atoms with Gasteiger partial charge in [-0.1, -0.05) is 0 Å². The van der Waals surface area contributed by atoms with Crippen LogP contribution >= 0.6 is 0 Å². The van der Waals surface area contributed by atoms with E-state index < -0.39 is 5.60 Å². The molecule has 1 aliphatic carbocycles. The molecule has 7 nitrogen and oxygen atoms in total. The maximum absolute atomic E-state index is 12.1. The maximum atomic E-state index is 12.1. The standard InChI is InChI=1S/C12H23N5O2/c1-12(2,3)19-11(18)17-9-4-8(5-10(17)6-9)16-15-7-14-13/h7-10,16H,4-6,13H2,1-3H3,(H,14,15). The summed E-state index contributed by atoms with van der Waals surface area (Å²) in [7, 11) is 0. The second-order valence-corrected chi connectivity index (χ2v) is 6.17. The van der Waals surface area contributed by atoms with E-state index in [1.807, 2.05) is 25.7 Å². The third-order valence-electron chi connectivity index (χ3n) is 3.47. The van der Waals surface area contributed by atoms with E-state index in [4.69, 9.17) is 10.6 Å². The Morgan fingerprint density at radius 1 is 1.37 bits per heavy atom. The summed E-state index contributed by atoms with van der Waals surface area (Å²) in [5.41, 5.74) is 5.53. The quantitative estimate of drug-likeness (QED) is 0.301. The second-order valence-electron chi connectivity index (χ2n) is 6.17. The van der Waals surface area contributed by atoms with Crippen molar-refractivity contribution in [1.82, 2.24) is 15.8 Å². The van der Waals surface area contributed by atoms with Crippen molar-refractivity contribution in [3.63, 3.8) is 0 Å². The Morgan fingerprint density at radius 2 is 2.00 bits per heavy atom. The number of ether oxygens (including phenoxy) is 1. The average Bonchev–Trinajstić information content (AvgIpc) is 2.26. The Hall–Kier alpha value is -1.50. The average molecular weight is 269 g/mol. The molecule has 108 valence electrons. The summed E-state index contributed by atoms with van der Waals surface area (Å²) in [6, 6.07) is 0.894. The van der Waals surface area contributed by atoms with E-state index in [1.54, 1.807) is 0 Å². The minimum Gasteiger partial charge on any atom is -0.444 e. The fourth-order valence-corrected chi connectivity index (χ4v) is 2.80. The number of nitrogens with zero attached hydrogens (tertiary/aromatic N) is 2. The number of fused-ring (bicyclic) bond motifs is 2. The molecule has 4 N–H and O–H groups in total. The van der Waals surface area contributed by atoms with Gasteiger partial charge in [-0.05, 0) is 40.0 Å². The number of rotatable bonds is 3. The smallest absolute Gasteiger partial charge is 0.410 e. The molecular formula is C12H23N5O2. The molecule has 0 aromatic rings. The minimum atomic E-state index is -0.433. The van der Waals surface area contributed by atoms with Gasteiger partial charge in [0.25, 0.3) is 0 Å². The summed E-state index contributed by atoms with van der Waals surface area (Å²) in [5, 5.41) is 3.35. The first kappa shape index (κ1) is 13.9. The number of piperidine rings is 1. The molecule has 2 bridgehead atoms. The van der Waals surface area contributed by atoms with E-state index >= 15 is 0 Å². The summed E-state index contributed by atoms with van der Waals surface area (Å²) in [4.78, 5) is 13.9. The van der Waals surface area contributed by atoms with Crippen LogP contribution in [-0.2, 0) is 4.74 Å². The van der Waals surface area contributed by atoms with Crippen molar-refractivity contribution in [3.8, 4) is 0 Å². The molecule has 19 heavy (non-hydrogen) atoms. The van der Waals surface area contributed by atoms with Crippen molar-refractivity contribution in [3.05, 3.63) is 0 Å². The predicted molar refractivity (Wildman–Crippen MR) is 72.2 cm³/mol. The maximum Gasteiger partial charge on any atom is 0.410 e. The molecule has 1 saturated carbocycles. The molecule has 2 heterocycles. The number of hydrazine groups is 1. The lowest BCUT2D eigenvalue weighted by Crippen LogP contribution is -2.67. The number of amides is 1. The molecule has 0 aromatic heterocycles. The SMILES string of the molecule is CC(C)(C)OC(=O)N1C2CC(NN/C=N\N)CC1C2. The van der Waals surface area contributed by atoms with Crippen LogP contribution in [0.5, 0.6) is 0 Å². The van der Waals surface area contributed by atoms with Crippen LogP contribution in [0.25, 0.3) is 0 Å². The fraction of sp³-hybridized carbons (Fsp3) is 0.833. The van der Waals surface area contributed by atoms with E-state index in [9.17, 15) is 4.79 Å². The lowest BCUT2D eigenvalue weighted by atomic mass is 9.77. The molecule has 2 unspecified atom stereocenters. The molecule has 7 heteroatoms. The van der Waals surface area contributed by atoms with Crippen molar-refractivity contribution >= 4 is 12.4 Å². The molecular weight excluding hydrogens is 246 g/mol. The second kappa shape index (κ2) is 5.24. The first-order valence-corrected chi connectivity index (χ1v) is 6.65. The lowest BCUT2D eigenvalue weighted by molar-refractivity contribution is -0.0593. The van der Waals surface area contributed by atoms with Crippen molar-refractivity contribution in [2.45, 2.75) is 63.8 Å². The largest absolute Gasteiger partial charge is 0.444 e. The van der Waals surface area contributed by atoms with Gasteiger partial charge in [0.1, 0.15) is 11.9 Å². The highest BCUT2D eigenvalue weighted by Gasteiger charge is 2.49. The van der Waals surface area contributed by atoms with E-state index in [0.717, 1.165) is 19.3 Å². The predicted octanol–water partition coefficient (Wildman–Crippen LogP) is 0.523. The van der Waals surface area contributed by atoms with Crippen molar-refractivity contribution in [2.24, 2.45) is 10.9 Å². The Labute approximate surface area is 113 Å². The molecule has 1 amide bonds. The molecule has 2 saturated heterocycles. The summed E-state index contributed by atoms with van der Waals surface area (Å²) in [5.74, 6) is 5.00. The zero-order chi connectivity index (χ0) is 14.0. The van der Waals surface area contributed by atoms with Crippen LogP contribution in [0.1, 0.15) is 40.0 Å². The van der Waals surface area contributed by atoms with Crippen LogP contribution < -0.4 is 16.7 Å². The lowest BCUT2D eigenvalue weighted by Gasteiger charge is -2.54. The summed E-state index contributed by atoms with van der Waals surface area (Å²) < 4.78 is 5.43. The Morgan fingerprint density at radius 3 is 2.53 bits per heavy atom. The number of nitrogens with two attached hydrogens (primary N) is 1. The van der Waals surface area contributed by atoms with Gasteiger partial charge in [-0.15, -0.1) is 0 Å². The van der Waals surface area contributed by atoms with Gasteiger partial charge >= 0.3 is 6.09 Å². The van der Waals surface area contributed by atoms with Gasteiger partial charge in [0, 0.05) is 18.1 Å². The fourth-order valence-electron chi connectivity index (χ4n) is 2.80. The van der Waals surface area contributed by atoms with E-state index in [1.165, 1.54) is 6.34 Å². The van der Waals surface area contributed by atoms with Crippen molar-refractivity contribution in [2.75, 3.05) is 0 Å². The van der Waals surface area contributed by atoms with Gasteiger partial charge in [-0.25, -0.2) is 10.2 Å². The third-order valence-corrected chi connectivity index (χ3v) is 3.47. The first-order valence-electron chi connectivity index (χ1n) is 6.65. The normalized spacial score (nSPS) is 30.1. The number of nitrogens with one attached hydrogen (secondary N) is 2. The summed E-state index contributed by atoms with van der Waals surface area (Å²) in [6.45, 7) is 5.67. The topological polar surface area (TPSA) is 92.0 Å². The molecule has 0 radical (unpaired) electrons. The molecule has 2 atom stereocenters. The summed E-state index contributed by atoms with van der Waals surface area (Å²) >= 11 is 0. The Balaban J connectivity index is 1.82. The van der Waals surface area contributed by atoms with Crippen LogP contribution in [0.4, 0.5) is 4.79 Å². The molecule has 0 aromatic carbocycles. The number of hydrogen-bond acceptors (Lipinski definition) is 5. The number of carbonyl (C=O) groups is 1.